The first-order valence-electron chi connectivity index (χ1n) is 17.1. The Hall–Kier alpha value is -4.20. The SMILES string of the molecule is C=C[C@@H]1C[C@]1(NC(=O)[C@@H]1C[C@@H](Oc2nccc3ccc(CC)cc23)CN1C(=O)[C@@H](NC(=O)OC(C)(C)C)C(C)(C)C)C(=O)NS(=O)(=O)C1CC1. The van der Waals surface area contributed by atoms with Crippen molar-refractivity contribution in [2.75, 3.05) is 6.54 Å². The van der Waals surface area contributed by atoms with Crippen molar-refractivity contribution in [3.63, 3.8) is 0 Å². The largest absolute Gasteiger partial charge is 0.472 e. The summed E-state index contributed by atoms with van der Waals surface area (Å²) in [5.74, 6) is -2.19. The average molecular weight is 712 g/mol. The lowest BCUT2D eigenvalue weighted by atomic mass is 9.85. The second-order valence-electron chi connectivity index (χ2n) is 15.6. The van der Waals surface area contributed by atoms with E-state index < -0.39 is 79.7 Å². The van der Waals surface area contributed by atoms with Crippen LogP contribution in [-0.2, 0) is 35.6 Å². The summed E-state index contributed by atoms with van der Waals surface area (Å²) in [6.45, 7) is 16.3. The molecule has 2 heterocycles. The number of alkyl carbamates (subject to hydrolysis) is 1. The van der Waals surface area contributed by atoms with Crippen molar-refractivity contribution in [2.45, 2.75) is 115 Å². The molecule has 13 nitrogen and oxygen atoms in total. The highest BCUT2D eigenvalue weighted by Crippen LogP contribution is 2.45. The predicted molar refractivity (Wildman–Crippen MR) is 188 cm³/mol. The lowest BCUT2D eigenvalue weighted by molar-refractivity contribution is -0.143. The fraction of sp³-hybridized carbons (Fsp3) is 0.583. The van der Waals surface area contributed by atoms with E-state index in [1.165, 1.54) is 11.0 Å². The van der Waals surface area contributed by atoms with Gasteiger partial charge in [0.1, 0.15) is 29.3 Å². The van der Waals surface area contributed by atoms with E-state index in [2.05, 4.69) is 26.9 Å². The van der Waals surface area contributed by atoms with Crippen LogP contribution in [0.2, 0.25) is 0 Å². The molecule has 0 unspecified atom stereocenters. The summed E-state index contributed by atoms with van der Waals surface area (Å²) in [5, 5.41) is 6.57. The van der Waals surface area contributed by atoms with Gasteiger partial charge in [-0.3, -0.25) is 19.1 Å². The number of aryl methyl sites for hydroxylation is 1. The molecule has 50 heavy (non-hydrogen) atoms. The van der Waals surface area contributed by atoms with E-state index in [-0.39, 0.29) is 19.4 Å². The fourth-order valence-electron chi connectivity index (χ4n) is 6.29. The molecule has 1 saturated heterocycles. The molecule has 3 N–H and O–H groups in total. The molecule has 5 atom stereocenters. The van der Waals surface area contributed by atoms with Gasteiger partial charge in [0, 0.05) is 23.9 Å². The van der Waals surface area contributed by atoms with Crippen molar-refractivity contribution >= 4 is 44.6 Å². The van der Waals surface area contributed by atoms with Gasteiger partial charge in [-0.25, -0.2) is 18.2 Å². The number of fused-ring (bicyclic) bond motifs is 1. The third-order valence-corrected chi connectivity index (χ3v) is 11.2. The van der Waals surface area contributed by atoms with Gasteiger partial charge in [-0.2, -0.15) is 0 Å². The molecule has 14 heteroatoms. The van der Waals surface area contributed by atoms with Gasteiger partial charge in [0.2, 0.25) is 27.7 Å². The highest BCUT2D eigenvalue weighted by atomic mass is 32.2. The number of carbonyl (C=O) groups is 4. The highest BCUT2D eigenvalue weighted by molar-refractivity contribution is 7.91. The molecule has 5 rings (SSSR count). The summed E-state index contributed by atoms with van der Waals surface area (Å²) < 4.78 is 39.4. The Morgan fingerprint density at radius 2 is 1.82 bits per heavy atom. The number of pyridine rings is 1. The number of hydrogen-bond donors (Lipinski definition) is 3. The minimum Gasteiger partial charge on any atom is -0.472 e. The smallest absolute Gasteiger partial charge is 0.408 e. The molecule has 2 saturated carbocycles. The predicted octanol–water partition coefficient (Wildman–Crippen LogP) is 3.75. The van der Waals surface area contributed by atoms with Crippen molar-refractivity contribution in [2.24, 2.45) is 11.3 Å². The first-order valence-corrected chi connectivity index (χ1v) is 18.7. The van der Waals surface area contributed by atoms with Crippen molar-refractivity contribution in [1.82, 2.24) is 25.2 Å². The molecule has 0 bridgehead atoms. The maximum atomic E-state index is 14.4. The molecule has 2 aliphatic carbocycles. The van der Waals surface area contributed by atoms with Crippen molar-refractivity contribution in [1.29, 1.82) is 0 Å². The van der Waals surface area contributed by atoms with E-state index in [0.29, 0.717) is 18.7 Å². The van der Waals surface area contributed by atoms with E-state index in [0.717, 1.165) is 22.8 Å². The maximum absolute atomic E-state index is 14.4. The van der Waals surface area contributed by atoms with Crippen LogP contribution in [0.1, 0.15) is 79.7 Å². The topological polar surface area (TPSA) is 173 Å². The summed E-state index contributed by atoms with van der Waals surface area (Å²) >= 11 is 0. The third kappa shape index (κ3) is 8.06. The number of aromatic nitrogens is 1. The second kappa shape index (κ2) is 13.5. The van der Waals surface area contributed by atoms with Gasteiger partial charge in [0.15, 0.2) is 0 Å². The van der Waals surface area contributed by atoms with Crippen LogP contribution in [0.4, 0.5) is 4.79 Å². The summed E-state index contributed by atoms with van der Waals surface area (Å²) in [7, 11) is -3.89. The first kappa shape index (κ1) is 37.1. The number of amides is 4. The van der Waals surface area contributed by atoms with Gasteiger partial charge in [0.05, 0.1) is 11.8 Å². The normalized spacial score (nSPS) is 24.2. The van der Waals surface area contributed by atoms with Crippen LogP contribution in [0, 0.1) is 11.3 Å². The van der Waals surface area contributed by atoms with Crippen LogP contribution < -0.4 is 20.1 Å². The quantitative estimate of drug-likeness (QED) is 0.294. The molecule has 2 aromatic rings. The number of nitrogens with one attached hydrogen (secondary N) is 3. The van der Waals surface area contributed by atoms with E-state index in [1.54, 1.807) is 47.7 Å². The van der Waals surface area contributed by atoms with Crippen LogP contribution in [-0.4, -0.2) is 83.2 Å². The number of rotatable bonds is 11. The Balaban J connectivity index is 1.45. The molecule has 0 radical (unpaired) electrons. The van der Waals surface area contributed by atoms with Gasteiger partial charge in [-0.05, 0) is 75.0 Å². The van der Waals surface area contributed by atoms with E-state index in [9.17, 15) is 27.6 Å². The Bertz CT molecular complexity index is 1800. The summed E-state index contributed by atoms with van der Waals surface area (Å²) in [6, 6.07) is 5.66. The Labute approximate surface area is 294 Å². The minimum atomic E-state index is -3.89. The lowest BCUT2D eigenvalue weighted by Gasteiger charge is -2.36. The average Bonchev–Trinajstić information content (AvgIpc) is 3.95. The summed E-state index contributed by atoms with van der Waals surface area (Å²) in [4.78, 5) is 60.8. The highest BCUT2D eigenvalue weighted by Gasteiger charge is 2.62. The number of carbonyl (C=O) groups excluding carboxylic acids is 4. The number of benzene rings is 1. The third-order valence-electron chi connectivity index (χ3n) is 9.35. The number of sulfonamides is 1. The molecule has 3 aliphatic rings. The molecule has 272 valence electrons. The maximum Gasteiger partial charge on any atom is 0.408 e. The van der Waals surface area contributed by atoms with Crippen LogP contribution in [0.5, 0.6) is 5.88 Å². The molecule has 3 fully saturated rings. The van der Waals surface area contributed by atoms with Crippen LogP contribution in [0.15, 0.2) is 43.1 Å². The van der Waals surface area contributed by atoms with Crippen molar-refractivity contribution < 1.29 is 37.1 Å². The zero-order valence-electron chi connectivity index (χ0n) is 29.9. The molecule has 1 aromatic carbocycles. The van der Waals surface area contributed by atoms with Gasteiger partial charge in [-0.1, -0.05) is 45.9 Å². The molecular weight excluding hydrogens is 662 g/mol. The standard InChI is InChI=1S/C36H49N5O8S/c1-9-21-11-12-22-15-16-37-30(26(22)17-21)48-24-18-27(41(20-24)31(43)28(34(3,4)5)38-33(45)49-35(6,7)8)29(42)39-36(19-23(36)10-2)32(44)40-50(46,47)25-13-14-25/h10-12,15-17,23-25,27-28H,2,9,13-14,18-20H2,1,3-8H3,(H,38,45)(H,39,42)(H,40,44)/t23-,24-,27+,28-,36-/m1/s1. The van der Waals surface area contributed by atoms with Gasteiger partial charge >= 0.3 is 6.09 Å². The number of hydrogen-bond acceptors (Lipinski definition) is 9. The number of ether oxygens (including phenoxy) is 2. The van der Waals surface area contributed by atoms with Crippen LogP contribution in [0.3, 0.4) is 0 Å². The number of nitrogens with zero attached hydrogens (tertiary/aromatic N) is 2. The number of likely N-dealkylation sites (tertiary alicyclic amines) is 1. The molecule has 0 spiro atoms. The minimum absolute atomic E-state index is 0.0226. The van der Waals surface area contributed by atoms with Crippen LogP contribution >= 0.6 is 0 Å². The van der Waals surface area contributed by atoms with Crippen molar-refractivity contribution in [3.05, 3.63) is 48.7 Å². The van der Waals surface area contributed by atoms with Gasteiger partial charge < -0.3 is 25.0 Å². The Morgan fingerprint density at radius 3 is 2.40 bits per heavy atom. The van der Waals surface area contributed by atoms with Gasteiger partial charge in [-0.15, -0.1) is 6.58 Å². The molecule has 1 aromatic heterocycles. The van der Waals surface area contributed by atoms with E-state index in [1.807, 2.05) is 31.2 Å². The molecule has 4 amide bonds. The van der Waals surface area contributed by atoms with Crippen molar-refractivity contribution in [3.8, 4) is 5.88 Å². The zero-order chi connectivity index (χ0) is 36.8. The van der Waals surface area contributed by atoms with E-state index in [4.69, 9.17) is 9.47 Å². The molecular formula is C36H49N5O8S. The Morgan fingerprint density at radius 1 is 1.12 bits per heavy atom. The Kier molecular flexibility index (Phi) is 10.0. The van der Waals surface area contributed by atoms with Gasteiger partial charge in [0.25, 0.3) is 5.91 Å². The fourth-order valence-corrected chi connectivity index (χ4v) is 7.66. The zero-order valence-corrected chi connectivity index (χ0v) is 30.7. The van der Waals surface area contributed by atoms with E-state index >= 15 is 0 Å². The first-order chi connectivity index (χ1) is 23.3. The second-order valence-corrected chi connectivity index (χ2v) is 17.6. The molecule has 1 aliphatic heterocycles. The van der Waals surface area contributed by atoms with Crippen LogP contribution in [0.25, 0.3) is 10.8 Å². The lowest BCUT2D eigenvalue weighted by Crippen LogP contribution is -2.60. The summed E-state index contributed by atoms with van der Waals surface area (Å²) in [5.41, 5.74) is -2.07. The monoisotopic (exact) mass is 711 g/mol. The summed E-state index contributed by atoms with van der Waals surface area (Å²) in [6.07, 6.45) is 3.59.